The number of ether oxygens (including phenoxy) is 1. The number of nitrogens with zero attached hydrogens (tertiary/aromatic N) is 1. The summed E-state index contributed by atoms with van der Waals surface area (Å²) < 4.78 is 4.94. The van der Waals surface area contributed by atoms with Gasteiger partial charge in [-0.05, 0) is 60.7 Å². The van der Waals surface area contributed by atoms with Gasteiger partial charge in [0.15, 0.2) is 0 Å². The predicted octanol–water partition coefficient (Wildman–Crippen LogP) is 4.43. The Morgan fingerprint density at radius 1 is 1.12 bits per heavy atom. The average molecular weight is 371 g/mol. The van der Waals surface area contributed by atoms with Crippen LogP contribution in [-0.2, 0) is 9.53 Å². The van der Waals surface area contributed by atoms with Crippen LogP contribution in [0.5, 0.6) is 0 Å². The number of rotatable bonds is 5. The van der Waals surface area contributed by atoms with Crippen LogP contribution in [0.2, 0.25) is 5.02 Å². The van der Waals surface area contributed by atoms with Crippen LogP contribution in [0.4, 0.5) is 16.2 Å². The molecule has 1 saturated carbocycles. The highest BCUT2D eigenvalue weighted by Crippen LogP contribution is 2.43. The fourth-order valence-electron chi connectivity index (χ4n) is 3.31. The molecule has 4 rings (SSSR count). The average Bonchev–Trinajstić information content (AvgIpc) is 3.37. The van der Waals surface area contributed by atoms with E-state index in [2.05, 4.69) is 5.32 Å². The minimum absolute atomic E-state index is 0.0110. The SMILES string of the molecule is O=C(Nc1ccc(N2CCOC2=O)cc1)C(c1ccc(Cl)cc1)C1CC1. The Morgan fingerprint density at radius 2 is 1.81 bits per heavy atom. The molecule has 1 aliphatic carbocycles. The number of hydrogen-bond acceptors (Lipinski definition) is 3. The molecule has 2 amide bonds. The van der Waals surface area contributed by atoms with E-state index in [-0.39, 0.29) is 17.9 Å². The van der Waals surface area contributed by atoms with Crippen LogP contribution >= 0.6 is 11.6 Å². The number of halogens is 1. The second-order valence-electron chi connectivity index (χ2n) is 6.67. The van der Waals surface area contributed by atoms with Gasteiger partial charge >= 0.3 is 6.09 Å². The van der Waals surface area contributed by atoms with Gasteiger partial charge in [0.1, 0.15) is 6.61 Å². The molecule has 0 aromatic heterocycles. The summed E-state index contributed by atoms with van der Waals surface area (Å²) in [6, 6.07) is 14.7. The minimum atomic E-state index is -0.335. The maximum atomic E-state index is 12.8. The first kappa shape index (κ1) is 16.9. The van der Waals surface area contributed by atoms with Crippen molar-refractivity contribution < 1.29 is 14.3 Å². The van der Waals surface area contributed by atoms with Crippen molar-refractivity contribution in [2.24, 2.45) is 5.92 Å². The summed E-state index contributed by atoms with van der Waals surface area (Å²) in [5, 5.41) is 3.67. The first-order valence-corrected chi connectivity index (χ1v) is 9.10. The van der Waals surface area contributed by atoms with Gasteiger partial charge in [0.25, 0.3) is 0 Å². The molecule has 1 saturated heterocycles. The molecule has 0 radical (unpaired) electrons. The molecule has 134 valence electrons. The van der Waals surface area contributed by atoms with Crippen molar-refractivity contribution in [3.63, 3.8) is 0 Å². The van der Waals surface area contributed by atoms with Crippen LogP contribution in [0.3, 0.4) is 0 Å². The molecule has 2 aromatic rings. The van der Waals surface area contributed by atoms with E-state index in [1.165, 1.54) is 0 Å². The number of carbonyl (C=O) groups is 2. The van der Waals surface area contributed by atoms with Gasteiger partial charge in [0.05, 0.1) is 12.5 Å². The number of anilines is 2. The normalized spacial score (nSPS) is 17.7. The lowest BCUT2D eigenvalue weighted by molar-refractivity contribution is -0.118. The quantitative estimate of drug-likeness (QED) is 0.847. The van der Waals surface area contributed by atoms with Gasteiger partial charge in [-0.3, -0.25) is 9.69 Å². The molecular formula is C20H19ClN2O3. The summed E-state index contributed by atoms with van der Waals surface area (Å²) in [5.41, 5.74) is 2.47. The van der Waals surface area contributed by atoms with E-state index in [1.54, 1.807) is 4.90 Å². The first-order chi connectivity index (χ1) is 12.6. The van der Waals surface area contributed by atoms with Crippen molar-refractivity contribution in [3.8, 4) is 0 Å². The van der Waals surface area contributed by atoms with E-state index in [9.17, 15) is 9.59 Å². The Labute approximate surface area is 156 Å². The van der Waals surface area contributed by atoms with Crippen molar-refractivity contribution in [2.45, 2.75) is 18.8 Å². The van der Waals surface area contributed by atoms with E-state index in [1.807, 2.05) is 48.5 Å². The van der Waals surface area contributed by atoms with Gasteiger partial charge < -0.3 is 10.1 Å². The van der Waals surface area contributed by atoms with Crippen LogP contribution in [0.1, 0.15) is 24.3 Å². The molecule has 2 aromatic carbocycles. The molecule has 2 fully saturated rings. The zero-order chi connectivity index (χ0) is 18.1. The molecule has 0 bridgehead atoms. The number of carbonyl (C=O) groups excluding carboxylic acids is 2. The summed E-state index contributed by atoms with van der Waals surface area (Å²) in [7, 11) is 0. The predicted molar refractivity (Wildman–Crippen MR) is 101 cm³/mol. The van der Waals surface area contributed by atoms with Crippen LogP contribution in [0, 0.1) is 5.92 Å². The van der Waals surface area contributed by atoms with Crippen LogP contribution in [0.15, 0.2) is 48.5 Å². The van der Waals surface area contributed by atoms with E-state index < -0.39 is 0 Å². The largest absolute Gasteiger partial charge is 0.447 e. The molecule has 1 heterocycles. The highest BCUT2D eigenvalue weighted by atomic mass is 35.5. The molecule has 0 spiro atoms. The second-order valence-corrected chi connectivity index (χ2v) is 7.11. The van der Waals surface area contributed by atoms with Gasteiger partial charge in [-0.15, -0.1) is 0 Å². The highest BCUT2D eigenvalue weighted by Gasteiger charge is 2.37. The Balaban J connectivity index is 1.47. The molecule has 26 heavy (non-hydrogen) atoms. The van der Waals surface area contributed by atoms with Gasteiger partial charge in [-0.2, -0.15) is 0 Å². The number of amides is 2. The number of hydrogen-bond donors (Lipinski definition) is 1. The minimum Gasteiger partial charge on any atom is -0.447 e. The molecule has 1 aliphatic heterocycles. The third-order valence-electron chi connectivity index (χ3n) is 4.81. The van der Waals surface area contributed by atoms with E-state index in [0.29, 0.717) is 29.8 Å². The van der Waals surface area contributed by atoms with E-state index >= 15 is 0 Å². The fraction of sp³-hybridized carbons (Fsp3) is 0.300. The first-order valence-electron chi connectivity index (χ1n) is 8.72. The lowest BCUT2D eigenvalue weighted by Crippen LogP contribution is -2.24. The van der Waals surface area contributed by atoms with Crippen molar-refractivity contribution in [1.29, 1.82) is 0 Å². The topological polar surface area (TPSA) is 58.6 Å². The molecule has 6 heteroatoms. The maximum absolute atomic E-state index is 12.8. The number of benzene rings is 2. The Morgan fingerprint density at radius 3 is 2.38 bits per heavy atom. The summed E-state index contributed by atoms with van der Waals surface area (Å²) in [4.78, 5) is 26.0. The van der Waals surface area contributed by atoms with Gasteiger partial charge in [0, 0.05) is 16.4 Å². The van der Waals surface area contributed by atoms with Gasteiger partial charge in [0.2, 0.25) is 5.91 Å². The van der Waals surface area contributed by atoms with Crippen molar-refractivity contribution >= 4 is 35.0 Å². The zero-order valence-electron chi connectivity index (χ0n) is 14.2. The zero-order valence-corrected chi connectivity index (χ0v) is 14.9. The number of cyclic esters (lactones) is 1. The van der Waals surface area contributed by atoms with Gasteiger partial charge in [-0.1, -0.05) is 23.7 Å². The van der Waals surface area contributed by atoms with Crippen molar-refractivity contribution in [2.75, 3.05) is 23.4 Å². The van der Waals surface area contributed by atoms with Crippen LogP contribution in [0.25, 0.3) is 0 Å². The Hall–Kier alpha value is -2.53. The molecule has 1 atom stereocenters. The molecular weight excluding hydrogens is 352 g/mol. The van der Waals surface area contributed by atoms with E-state index in [4.69, 9.17) is 16.3 Å². The lowest BCUT2D eigenvalue weighted by Gasteiger charge is -2.18. The molecule has 2 aliphatic rings. The van der Waals surface area contributed by atoms with Crippen LogP contribution < -0.4 is 10.2 Å². The smallest absolute Gasteiger partial charge is 0.414 e. The lowest BCUT2D eigenvalue weighted by atomic mass is 9.93. The highest BCUT2D eigenvalue weighted by molar-refractivity contribution is 6.30. The van der Waals surface area contributed by atoms with Gasteiger partial charge in [-0.25, -0.2) is 4.79 Å². The Bertz CT molecular complexity index is 816. The molecule has 1 N–H and O–H groups in total. The molecule has 5 nitrogen and oxygen atoms in total. The Kier molecular flexibility index (Phi) is 4.55. The fourth-order valence-corrected chi connectivity index (χ4v) is 3.44. The summed E-state index contributed by atoms with van der Waals surface area (Å²) in [5.74, 6) is 0.207. The standard InChI is InChI=1S/C20H19ClN2O3/c21-15-5-3-14(4-6-15)18(13-1-2-13)19(24)22-16-7-9-17(10-8-16)23-11-12-26-20(23)25/h3-10,13,18H,1-2,11-12H2,(H,22,24). The monoisotopic (exact) mass is 370 g/mol. The summed E-state index contributed by atoms with van der Waals surface area (Å²) in [6.07, 6.45) is 1.80. The van der Waals surface area contributed by atoms with Crippen molar-refractivity contribution in [3.05, 3.63) is 59.1 Å². The van der Waals surface area contributed by atoms with Crippen LogP contribution in [-0.4, -0.2) is 25.2 Å². The maximum Gasteiger partial charge on any atom is 0.414 e. The van der Waals surface area contributed by atoms with E-state index in [0.717, 1.165) is 24.1 Å². The number of nitrogens with one attached hydrogen (secondary N) is 1. The molecule has 1 unspecified atom stereocenters. The second kappa shape index (κ2) is 7.00. The summed E-state index contributed by atoms with van der Waals surface area (Å²) in [6.45, 7) is 0.951. The summed E-state index contributed by atoms with van der Waals surface area (Å²) >= 11 is 5.96. The third kappa shape index (κ3) is 3.53. The third-order valence-corrected chi connectivity index (χ3v) is 5.06. The van der Waals surface area contributed by atoms with Crippen molar-refractivity contribution in [1.82, 2.24) is 0 Å².